The Morgan fingerprint density at radius 1 is 1.07 bits per heavy atom. The van der Waals surface area contributed by atoms with Crippen LogP contribution in [-0.2, 0) is 26.9 Å². The monoisotopic (exact) mass is 422 g/mol. The van der Waals surface area contributed by atoms with Gasteiger partial charge in [0.1, 0.15) is 11.6 Å². The Morgan fingerprint density at radius 2 is 1.75 bits per heavy atom. The molecule has 1 aliphatic rings. The number of carbonyl (C=O) groups is 1. The second kappa shape index (κ2) is 9.56. The number of thioether (sulfide) groups is 1. The molecular weight excluding hydrogens is 396 g/mol. The molecule has 0 bridgehead atoms. The summed E-state index contributed by atoms with van der Waals surface area (Å²) in [5.41, 5.74) is 0. The van der Waals surface area contributed by atoms with E-state index >= 15 is 0 Å². The van der Waals surface area contributed by atoms with Crippen molar-refractivity contribution in [3.8, 4) is 0 Å². The summed E-state index contributed by atoms with van der Waals surface area (Å²) in [5.74, 6) is 0.592. The summed E-state index contributed by atoms with van der Waals surface area (Å²) in [6.07, 6.45) is 4.48. The lowest BCUT2D eigenvalue weighted by atomic mass is 10.2. The smallest absolute Gasteiger partial charge is 0.233 e. The molecular formula is C19H26N4O3S2. The van der Waals surface area contributed by atoms with Crippen LogP contribution in [0, 0.1) is 0 Å². The minimum atomic E-state index is -3.49. The Labute approximate surface area is 170 Å². The van der Waals surface area contributed by atoms with Gasteiger partial charge >= 0.3 is 0 Å². The van der Waals surface area contributed by atoms with E-state index in [4.69, 9.17) is 0 Å². The largest absolute Gasteiger partial charge is 0.342 e. The predicted molar refractivity (Wildman–Crippen MR) is 109 cm³/mol. The molecule has 0 atom stereocenters. The molecule has 0 spiro atoms. The van der Waals surface area contributed by atoms with Crippen molar-refractivity contribution >= 4 is 27.5 Å². The zero-order valence-electron chi connectivity index (χ0n) is 16.1. The average Bonchev–Trinajstić information content (AvgIpc) is 2.89. The zero-order chi connectivity index (χ0) is 20.0. The lowest BCUT2D eigenvalue weighted by Crippen LogP contribution is -2.33. The van der Waals surface area contributed by atoms with Crippen LogP contribution in [0.15, 0.2) is 40.4 Å². The van der Waals surface area contributed by atoms with Crippen molar-refractivity contribution in [3.05, 3.63) is 36.2 Å². The topological polar surface area (TPSA) is 85.2 Å². The molecule has 2 aromatic rings. The molecule has 1 aromatic carbocycles. The van der Waals surface area contributed by atoms with Crippen molar-refractivity contribution in [2.45, 2.75) is 55.0 Å². The van der Waals surface area contributed by atoms with Gasteiger partial charge in [-0.25, -0.2) is 8.42 Å². The highest BCUT2D eigenvalue weighted by Crippen LogP contribution is 2.21. The molecule has 2 heterocycles. The van der Waals surface area contributed by atoms with Crippen LogP contribution in [0.5, 0.6) is 0 Å². The maximum Gasteiger partial charge on any atom is 0.233 e. The molecule has 1 aliphatic heterocycles. The summed E-state index contributed by atoms with van der Waals surface area (Å²) < 4.78 is 27.0. The van der Waals surface area contributed by atoms with Gasteiger partial charge in [-0.1, -0.05) is 42.8 Å². The van der Waals surface area contributed by atoms with Crippen molar-refractivity contribution in [2.24, 2.45) is 0 Å². The third-order valence-electron chi connectivity index (χ3n) is 4.81. The molecule has 152 valence electrons. The molecule has 0 aliphatic carbocycles. The summed E-state index contributed by atoms with van der Waals surface area (Å²) in [4.78, 5) is 14.7. The van der Waals surface area contributed by atoms with Gasteiger partial charge in [0.25, 0.3) is 0 Å². The van der Waals surface area contributed by atoms with E-state index in [1.807, 2.05) is 11.8 Å². The Balaban J connectivity index is 1.67. The number of likely N-dealkylation sites (tertiary alicyclic amines) is 1. The minimum Gasteiger partial charge on any atom is -0.342 e. The first kappa shape index (κ1) is 20.9. The molecule has 7 nitrogen and oxygen atoms in total. The van der Waals surface area contributed by atoms with Crippen LogP contribution in [0.3, 0.4) is 0 Å². The van der Waals surface area contributed by atoms with Gasteiger partial charge in [0, 0.05) is 19.6 Å². The molecule has 0 unspecified atom stereocenters. The number of rotatable bonds is 7. The molecule has 9 heteroatoms. The Hall–Kier alpha value is -1.87. The molecule has 28 heavy (non-hydrogen) atoms. The maximum absolute atomic E-state index is 12.6. The van der Waals surface area contributed by atoms with E-state index in [2.05, 4.69) is 10.2 Å². The summed E-state index contributed by atoms with van der Waals surface area (Å²) in [6, 6.07) is 8.35. The third kappa shape index (κ3) is 5.14. The normalized spacial score (nSPS) is 15.4. The molecule has 1 aromatic heterocycles. The highest BCUT2D eigenvalue weighted by molar-refractivity contribution is 7.99. The SMILES string of the molecule is CCn1c(CS(=O)(=O)c2ccccc2)nnc1SCC(=O)N1CCCCCC1. The average molecular weight is 423 g/mol. The molecule has 1 saturated heterocycles. The van der Waals surface area contributed by atoms with Crippen LogP contribution in [0.1, 0.15) is 38.4 Å². The number of sulfone groups is 1. The van der Waals surface area contributed by atoms with Crippen LogP contribution in [0.2, 0.25) is 0 Å². The van der Waals surface area contributed by atoms with E-state index in [0.717, 1.165) is 25.9 Å². The molecule has 0 saturated carbocycles. The van der Waals surface area contributed by atoms with Crippen LogP contribution in [0.4, 0.5) is 0 Å². The Bertz CT molecular complexity index is 889. The van der Waals surface area contributed by atoms with Gasteiger partial charge in [-0.3, -0.25) is 4.79 Å². The number of carbonyl (C=O) groups excluding carboxylic acids is 1. The number of hydrogen-bond donors (Lipinski definition) is 0. The highest BCUT2D eigenvalue weighted by Gasteiger charge is 2.22. The van der Waals surface area contributed by atoms with Crippen LogP contribution in [0.25, 0.3) is 0 Å². The van der Waals surface area contributed by atoms with E-state index in [0.29, 0.717) is 23.3 Å². The number of aromatic nitrogens is 3. The Morgan fingerprint density at radius 3 is 2.39 bits per heavy atom. The number of amides is 1. The predicted octanol–water partition coefficient (Wildman–Crippen LogP) is 2.77. The fourth-order valence-electron chi connectivity index (χ4n) is 3.27. The molecule has 1 amide bonds. The highest BCUT2D eigenvalue weighted by atomic mass is 32.2. The quantitative estimate of drug-likeness (QED) is 0.638. The maximum atomic E-state index is 12.6. The number of hydrogen-bond acceptors (Lipinski definition) is 6. The first-order valence-electron chi connectivity index (χ1n) is 9.61. The van der Waals surface area contributed by atoms with Gasteiger partial charge in [0.15, 0.2) is 15.0 Å². The van der Waals surface area contributed by atoms with E-state index in [1.165, 1.54) is 24.6 Å². The minimum absolute atomic E-state index is 0.107. The summed E-state index contributed by atoms with van der Waals surface area (Å²) in [7, 11) is -3.49. The van der Waals surface area contributed by atoms with Gasteiger partial charge < -0.3 is 9.47 Å². The first-order valence-corrected chi connectivity index (χ1v) is 12.3. The van der Waals surface area contributed by atoms with E-state index in [9.17, 15) is 13.2 Å². The second-order valence-electron chi connectivity index (χ2n) is 6.80. The van der Waals surface area contributed by atoms with Crippen LogP contribution >= 0.6 is 11.8 Å². The van der Waals surface area contributed by atoms with E-state index < -0.39 is 9.84 Å². The van der Waals surface area contributed by atoms with Crippen molar-refractivity contribution < 1.29 is 13.2 Å². The van der Waals surface area contributed by atoms with E-state index in [1.54, 1.807) is 34.9 Å². The summed E-state index contributed by atoms with van der Waals surface area (Å²) in [6.45, 7) is 4.11. The van der Waals surface area contributed by atoms with Crippen LogP contribution in [-0.4, -0.2) is 52.8 Å². The summed E-state index contributed by atoms with van der Waals surface area (Å²) >= 11 is 1.33. The fraction of sp³-hybridized carbons (Fsp3) is 0.526. The number of benzene rings is 1. The first-order chi connectivity index (χ1) is 13.5. The molecule has 0 N–H and O–H groups in total. The Kier molecular flexibility index (Phi) is 7.12. The molecule has 1 fully saturated rings. The van der Waals surface area contributed by atoms with Crippen molar-refractivity contribution in [1.82, 2.24) is 19.7 Å². The number of nitrogens with zero attached hydrogens (tertiary/aromatic N) is 4. The van der Waals surface area contributed by atoms with Gasteiger partial charge in [0.2, 0.25) is 5.91 Å². The van der Waals surface area contributed by atoms with Crippen molar-refractivity contribution in [3.63, 3.8) is 0 Å². The van der Waals surface area contributed by atoms with E-state index in [-0.39, 0.29) is 16.6 Å². The standard InChI is InChI=1S/C19H26N4O3S2/c1-2-23-17(15-28(25,26)16-10-6-5-7-11-16)20-21-19(23)27-14-18(24)22-12-8-3-4-9-13-22/h5-7,10-11H,2-4,8-9,12-15H2,1H3. The second-order valence-corrected chi connectivity index (χ2v) is 9.73. The van der Waals surface area contributed by atoms with Crippen molar-refractivity contribution in [1.29, 1.82) is 0 Å². The van der Waals surface area contributed by atoms with Gasteiger partial charge in [0.05, 0.1) is 10.6 Å². The summed E-state index contributed by atoms with van der Waals surface area (Å²) in [5, 5.41) is 8.82. The van der Waals surface area contributed by atoms with Gasteiger partial charge in [-0.15, -0.1) is 10.2 Å². The third-order valence-corrected chi connectivity index (χ3v) is 7.39. The van der Waals surface area contributed by atoms with Gasteiger partial charge in [-0.2, -0.15) is 0 Å². The van der Waals surface area contributed by atoms with Crippen molar-refractivity contribution in [2.75, 3.05) is 18.8 Å². The zero-order valence-corrected chi connectivity index (χ0v) is 17.7. The lowest BCUT2D eigenvalue weighted by molar-refractivity contribution is -0.128. The molecule has 3 rings (SSSR count). The fourth-order valence-corrected chi connectivity index (χ4v) is 5.48. The van der Waals surface area contributed by atoms with Crippen LogP contribution < -0.4 is 0 Å². The van der Waals surface area contributed by atoms with Gasteiger partial charge in [-0.05, 0) is 31.9 Å². The lowest BCUT2D eigenvalue weighted by Gasteiger charge is -2.19. The molecule has 0 radical (unpaired) electrons.